The van der Waals surface area contributed by atoms with Crippen molar-refractivity contribution in [1.82, 2.24) is 5.16 Å². The van der Waals surface area contributed by atoms with Gasteiger partial charge in [0.15, 0.2) is 0 Å². The summed E-state index contributed by atoms with van der Waals surface area (Å²) in [6.07, 6.45) is 2.51. The smallest absolute Gasteiger partial charge is 0.543 e. The SMILES string of the molecule is O=C([O-])c1noc2c1CCC2.[Na+]. The quantitative estimate of drug-likeness (QED) is 0.416. The molecule has 0 radical (unpaired) electrons. The van der Waals surface area contributed by atoms with Crippen LogP contribution in [0.25, 0.3) is 0 Å². The minimum absolute atomic E-state index is 0. The topological polar surface area (TPSA) is 66.2 Å². The van der Waals surface area contributed by atoms with Gasteiger partial charge in [0.1, 0.15) is 11.5 Å². The summed E-state index contributed by atoms with van der Waals surface area (Å²) in [5, 5.41) is 13.8. The zero-order valence-electron chi connectivity index (χ0n) is 6.79. The van der Waals surface area contributed by atoms with Crippen LogP contribution in [0, 0.1) is 0 Å². The van der Waals surface area contributed by atoms with Gasteiger partial charge in [-0.2, -0.15) is 0 Å². The molecule has 0 fully saturated rings. The van der Waals surface area contributed by atoms with E-state index in [2.05, 4.69) is 5.16 Å². The van der Waals surface area contributed by atoms with Gasteiger partial charge >= 0.3 is 29.6 Å². The summed E-state index contributed by atoms with van der Waals surface area (Å²) in [7, 11) is 0. The monoisotopic (exact) mass is 175 g/mol. The van der Waals surface area contributed by atoms with E-state index in [4.69, 9.17) is 4.52 Å². The number of hydrogen-bond acceptors (Lipinski definition) is 4. The summed E-state index contributed by atoms with van der Waals surface area (Å²) in [6, 6.07) is 0. The van der Waals surface area contributed by atoms with Crippen LogP contribution >= 0.6 is 0 Å². The van der Waals surface area contributed by atoms with Crippen LogP contribution in [0.3, 0.4) is 0 Å². The van der Waals surface area contributed by atoms with Gasteiger partial charge in [0, 0.05) is 12.0 Å². The van der Waals surface area contributed by atoms with Gasteiger partial charge in [0.25, 0.3) is 0 Å². The summed E-state index contributed by atoms with van der Waals surface area (Å²) in [5.74, 6) is -0.527. The molecule has 1 aromatic heterocycles. The maximum Gasteiger partial charge on any atom is 1.00 e. The van der Waals surface area contributed by atoms with Crippen LogP contribution in [-0.4, -0.2) is 11.1 Å². The number of hydrogen-bond donors (Lipinski definition) is 0. The Bertz CT molecular complexity index is 308. The van der Waals surface area contributed by atoms with Crippen molar-refractivity contribution >= 4 is 5.97 Å². The second-order valence-electron chi connectivity index (χ2n) is 2.57. The van der Waals surface area contributed by atoms with Gasteiger partial charge in [0.2, 0.25) is 0 Å². The number of fused-ring (bicyclic) bond motifs is 1. The molecular formula is C7H6NNaO3. The molecule has 0 saturated heterocycles. The molecule has 0 atom stereocenters. The molecule has 4 nitrogen and oxygen atoms in total. The van der Waals surface area contributed by atoms with Gasteiger partial charge in [-0.1, -0.05) is 5.16 Å². The molecule has 1 aliphatic rings. The molecule has 0 saturated carbocycles. The Morgan fingerprint density at radius 2 is 2.25 bits per heavy atom. The van der Waals surface area contributed by atoms with E-state index in [1.165, 1.54) is 0 Å². The van der Waals surface area contributed by atoms with Crippen molar-refractivity contribution < 1.29 is 44.0 Å². The van der Waals surface area contributed by atoms with E-state index in [0.717, 1.165) is 24.8 Å². The van der Waals surface area contributed by atoms with Crippen molar-refractivity contribution in [2.24, 2.45) is 0 Å². The number of nitrogens with zero attached hydrogens (tertiary/aromatic N) is 1. The number of carboxylic acid groups (broad SMARTS) is 1. The first-order valence-electron chi connectivity index (χ1n) is 3.48. The van der Waals surface area contributed by atoms with Gasteiger partial charge < -0.3 is 14.4 Å². The normalized spacial score (nSPS) is 13.7. The first kappa shape index (κ1) is 9.77. The number of aromatic carboxylic acids is 1. The van der Waals surface area contributed by atoms with Crippen molar-refractivity contribution in [1.29, 1.82) is 0 Å². The van der Waals surface area contributed by atoms with Crippen LogP contribution in [0.2, 0.25) is 0 Å². The Balaban J connectivity index is 0.000000720. The third-order valence-corrected chi connectivity index (χ3v) is 1.89. The number of carbonyl (C=O) groups is 1. The van der Waals surface area contributed by atoms with Crippen molar-refractivity contribution in [3.63, 3.8) is 0 Å². The Morgan fingerprint density at radius 1 is 1.50 bits per heavy atom. The average molecular weight is 175 g/mol. The molecule has 2 rings (SSSR count). The Labute approximate surface area is 91.2 Å². The Morgan fingerprint density at radius 3 is 2.92 bits per heavy atom. The molecule has 0 unspecified atom stereocenters. The molecule has 0 spiro atoms. The predicted octanol–water partition coefficient (Wildman–Crippen LogP) is -3.47. The fourth-order valence-electron chi connectivity index (χ4n) is 1.38. The first-order valence-corrected chi connectivity index (χ1v) is 3.48. The van der Waals surface area contributed by atoms with E-state index in [-0.39, 0.29) is 35.3 Å². The fourth-order valence-corrected chi connectivity index (χ4v) is 1.38. The third-order valence-electron chi connectivity index (χ3n) is 1.89. The van der Waals surface area contributed by atoms with Crippen LogP contribution < -0.4 is 34.7 Å². The zero-order valence-corrected chi connectivity index (χ0v) is 8.79. The minimum Gasteiger partial charge on any atom is -0.543 e. The van der Waals surface area contributed by atoms with E-state index in [1.54, 1.807) is 0 Å². The van der Waals surface area contributed by atoms with Crippen LogP contribution in [-0.2, 0) is 12.8 Å². The molecule has 12 heavy (non-hydrogen) atoms. The van der Waals surface area contributed by atoms with Gasteiger partial charge in [-0.25, -0.2) is 0 Å². The summed E-state index contributed by atoms with van der Waals surface area (Å²) in [6.45, 7) is 0. The largest absolute Gasteiger partial charge is 1.00 e. The van der Waals surface area contributed by atoms with Gasteiger partial charge in [0.05, 0.1) is 5.97 Å². The third kappa shape index (κ3) is 1.42. The summed E-state index contributed by atoms with van der Waals surface area (Å²) in [4.78, 5) is 10.4. The molecule has 0 aliphatic heterocycles. The molecule has 5 heteroatoms. The molecular weight excluding hydrogens is 169 g/mol. The second kappa shape index (κ2) is 3.60. The molecule has 1 aromatic rings. The van der Waals surface area contributed by atoms with E-state index in [1.807, 2.05) is 0 Å². The average Bonchev–Trinajstić information content (AvgIpc) is 2.41. The zero-order chi connectivity index (χ0) is 7.84. The molecule has 0 aromatic carbocycles. The predicted molar refractivity (Wildman–Crippen MR) is 32.9 cm³/mol. The Hall–Kier alpha value is -0.320. The van der Waals surface area contributed by atoms with Gasteiger partial charge in [-0.05, 0) is 12.8 Å². The molecule has 58 valence electrons. The van der Waals surface area contributed by atoms with E-state index >= 15 is 0 Å². The standard InChI is InChI=1S/C7H7NO3.Na/c9-7(10)6-4-2-1-3-5(4)11-8-6;/h1-3H2,(H,9,10);/q;+1/p-1. The maximum atomic E-state index is 10.4. The molecule has 0 N–H and O–H groups in total. The first-order chi connectivity index (χ1) is 5.29. The van der Waals surface area contributed by atoms with Crippen LogP contribution in [0.15, 0.2) is 4.52 Å². The van der Waals surface area contributed by atoms with Crippen LogP contribution in [0.5, 0.6) is 0 Å². The van der Waals surface area contributed by atoms with E-state index in [9.17, 15) is 9.90 Å². The number of rotatable bonds is 1. The number of aromatic nitrogens is 1. The van der Waals surface area contributed by atoms with Crippen molar-refractivity contribution in [2.45, 2.75) is 19.3 Å². The second-order valence-corrected chi connectivity index (χ2v) is 2.57. The minimum atomic E-state index is -1.24. The van der Waals surface area contributed by atoms with Crippen LogP contribution in [0.4, 0.5) is 0 Å². The van der Waals surface area contributed by atoms with Crippen molar-refractivity contribution in [3.05, 3.63) is 17.0 Å². The van der Waals surface area contributed by atoms with E-state index < -0.39 is 5.97 Å². The number of carbonyl (C=O) groups excluding carboxylic acids is 1. The van der Waals surface area contributed by atoms with Gasteiger partial charge in [-0.15, -0.1) is 0 Å². The van der Waals surface area contributed by atoms with E-state index in [0.29, 0.717) is 5.76 Å². The fraction of sp³-hybridized carbons (Fsp3) is 0.429. The summed E-state index contributed by atoms with van der Waals surface area (Å²) < 4.78 is 4.80. The summed E-state index contributed by atoms with van der Waals surface area (Å²) in [5.41, 5.74) is 0.711. The molecule has 0 bridgehead atoms. The van der Waals surface area contributed by atoms with Gasteiger partial charge in [-0.3, -0.25) is 0 Å². The number of aryl methyl sites for hydroxylation is 1. The summed E-state index contributed by atoms with van der Waals surface area (Å²) >= 11 is 0. The van der Waals surface area contributed by atoms with Crippen LogP contribution in [0.1, 0.15) is 28.2 Å². The van der Waals surface area contributed by atoms with Crippen molar-refractivity contribution in [3.8, 4) is 0 Å². The molecule has 1 aliphatic carbocycles. The maximum absolute atomic E-state index is 10.4. The molecule has 1 heterocycles. The molecule has 0 amide bonds. The van der Waals surface area contributed by atoms with Crippen molar-refractivity contribution in [2.75, 3.05) is 0 Å². The number of carboxylic acids is 1. The Kier molecular flexibility index (Phi) is 2.93.